The van der Waals surface area contributed by atoms with Gasteiger partial charge >= 0.3 is 6.18 Å². The third kappa shape index (κ3) is 7.13. The average molecular weight is 644 g/mol. The van der Waals surface area contributed by atoms with Crippen LogP contribution >= 0.6 is 11.6 Å². The minimum absolute atomic E-state index is 0.00429. The smallest absolute Gasteiger partial charge is 0.379 e. The maximum absolute atomic E-state index is 13.2. The number of rotatable bonds is 9. The maximum Gasteiger partial charge on any atom is 0.416 e. The molecule has 0 radical (unpaired) electrons. The summed E-state index contributed by atoms with van der Waals surface area (Å²) in [5, 5.41) is 1.71. The van der Waals surface area contributed by atoms with E-state index in [9.17, 15) is 34.8 Å². The van der Waals surface area contributed by atoms with Crippen LogP contribution in [0.3, 0.4) is 0 Å². The summed E-state index contributed by atoms with van der Waals surface area (Å²) in [6.45, 7) is 5.32. The topological polar surface area (TPSA) is 122 Å². The van der Waals surface area contributed by atoms with Crippen LogP contribution in [0.1, 0.15) is 15.9 Å². The van der Waals surface area contributed by atoms with Crippen LogP contribution in [0.5, 0.6) is 0 Å². The maximum atomic E-state index is 13.2. The van der Waals surface area contributed by atoms with E-state index in [-0.39, 0.29) is 26.9 Å². The minimum atomic E-state index is -4.64. The molecule has 3 aromatic rings. The summed E-state index contributed by atoms with van der Waals surface area (Å²) < 4.78 is 98.3. The fourth-order valence-corrected chi connectivity index (χ4v) is 7.09. The Morgan fingerprint density at radius 3 is 2.12 bits per heavy atom. The van der Waals surface area contributed by atoms with Gasteiger partial charge in [0.25, 0.3) is 15.9 Å². The molecule has 9 nitrogen and oxygen atoms in total. The Kier molecular flexibility index (Phi) is 9.33. The van der Waals surface area contributed by atoms with Gasteiger partial charge in [0.1, 0.15) is 5.37 Å². The number of sulfonamides is 1. The highest BCUT2D eigenvalue weighted by Gasteiger charge is 2.32. The zero-order valence-electron chi connectivity index (χ0n) is 21.8. The highest BCUT2D eigenvalue weighted by atomic mass is 35.5. The van der Waals surface area contributed by atoms with Crippen LogP contribution in [0, 0.1) is 0 Å². The number of alkyl halides is 3. The van der Waals surface area contributed by atoms with E-state index in [2.05, 4.69) is 16.6 Å². The number of hydrogen-bond acceptors (Lipinski definition) is 7. The molecule has 2 N–H and O–H groups in total. The van der Waals surface area contributed by atoms with Gasteiger partial charge in [-0.25, -0.2) is 16.8 Å². The molecule has 3 aromatic carbocycles. The summed E-state index contributed by atoms with van der Waals surface area (Å²) >= 11 is 6.04. The van der Waals surface area contributed by atoms with Crippen molar-refractivity contribution in [2.75, 3.05) is 36.3 Å². The molecule has 1 heterocycles. The van der Waals surface area contributed by atoms with Gasteiger partial charge in [0.2, 0.25) is 0 Å². The van der Waals surface area contributed by atoms with Crippen LogP contribution in [0.4, 0.5) is 24.5 Å². The van der Waals surface area contributed by atoms with Crippen LogP contribution in [0.25, 0.3) is 0 Å². The summed E-state index contributed by atoms with van der Waals surface area (Å²) in [7, 11) is -8.22. The number of hydrogen-bond donors (Lipinski definition) is 2. The van der Waals surface area contributed by atoms with E-state index in [4.69, 9.17) is 16.3 Å². The molecule has 1 unspecified atom stereocenters. The number of ether oxygens (including phenoxy) is 1. The summed E-state index contributed by atoms with van der Waals surface area (Å²) in [6.07, 6.45) is -3.29. The number of carbonyl (C=O) groups is 1. The molecule has 1 amide bonds. The van der Waals surface area contributed by atoms with Gasteiger partial charge in [-0.2, -0.15) is 13.2 Å². The number of amides is 1. The zero-order chi connectivity index (χ0) is 30.7. The molecule has 1 aliphatic heterocycles. The molecular formula is C27H25ClF3N3O6S2. The van der Waals surface area contributed by atoms with Crippen LogP contribution in [-0.2, 0) is 30.8 Å². The molecule has 0 aliphatic carbocycles. The molecule has 224 valence electrons. The Labute approximate surface area is 245 Å². The molecule has 0 saturated carbocycles. The first-order valence-corrected chi connectivity index (χ1v) is 15.7. The first-order chi connectivity index (χ1) is 19.7. The zero-order valence-corrected chi connectivity index (χ0v) is 24.2. The Hall–Kier alpha value is -3.43. The summed E-state index contributed by atoms with van der Waals surface area (Å²) in [5.74, 6) is -0.782. The second-order valence-electron chi connectivity index (χ2n) is 9.12. The quantitative estimate of drug-likeness (QED) is 0.314. The number of carbonyl (C=O) groups excluding carboxylic acids is 1. The van der Waals surface area contributed by atoms with Crippen molar-refractivity contribution < 1.29 is 39.5 Å². The lowest BCUT2D eigenvalue weighted by molar-refractivity contribution is -0.137. The molecule has 42 heavy (non-hydrogen) atoms. The molecule has 4 rings (SSSR count). The number of nitrogens with one attached hydrogen (secondary N) is 2. The monoisotopic (exact) mass is 643 g/mol. The van der Waals surface area contributed by atoms with E-state index in [1.165, 1.54) is 48.5 Å². The van der Waals surface area contributed by atoms with Crippen molar-refractivity contribution in [3.05, 3.63) is 95.5 Å². The summed E-state index contributed by atoms with van der Waals surface area (Å²) in [6, 6.07) is 12.0. The molecule has 15 heteroatoms. The third-order valence-corrected chi connectivity index (χ3v) is 10.0. The van der Waals surface area contributed by atoms with Crippen molar-refractivity contribution in [3.8, 4) is 0 Å². The Balaban J connectivity index is 1.53. The standard InChI is InChI=1S/C27H25ClF3N3O6S2/c1-2-25(34-13-15-40-16-14-34)41(36,37)21-10-6-20(7-11-21)32-26(35)23-17-19(28)5-12-24(23)33-42(38,39)22-8-3-18(4-9-22)27(29,30)31/h2-12,17,25,33H,1,13-16H2,(H,32,35). The highest BCUT2D eigenvalue weighted by Crippen LogP contribution is 2.31. The van der Waals surface area contributed by atoms with Crippen LogP contribution in [0.2, 0.25) is 5.02 Å². The predicted molar refractivity (Wildman–Crippen MR) is 152 cm³/mol. The van der Waals surface area contributed by atoms with Gasteiger partial charge in [-0.1, -0.05) is 17.7 Å². The second-order valence-corrected chi connectivity index (χ2v) is 13.3. The molecular weight excluding hydrogens is 619 g/mol. The largest absolute Gasteiger partial charge is 0.416 e. The molecule has 1 aliphatic rings. The van der Waals surface area contributed by atoms with Crippen molar-refractivity contribution in [2.24, 2.45) is 0 Å². The lowest BCUT2D eigenvalue weighted by Crippen LogP contribution is -2.46. The van der Waals surface area contributed by atoms with Crippen molar-refractivity contribution in [1.29, 1.82) is 0 Å². The van der Waals surface area contributed by atoms with E-state index >= 15 is 0 Å². The average Bonchev–Trinajstić information content (AvgIpc) is 2.94. The first kappa shape index (κ1) is 31.5. The summed E-state index contributed by atoms with van der Waals surface area (Å²) in [4.78, 5) is 14.4. The lowest BCUT2D eigenvalue weighted by Gasteiger charge is -2.32. The Morgan fingerprint density at radius 2 is 1.55 bits per heavy atom. The van der Waals surface area contributed by atoms with Gasteiger partial charge < -0.3 is 10.1 Å². The number of anilines is 2. The van der Waals surface area contributed by atoms with Crippen molar-refractivity contribution in [2.45, 2.75) is 21.3 Å². The number of benzene rings is 3. The van der Waals surface area contributed by atoms with Gasteiger partial charge in [-0.15, -0.1) is 6.58 Å². The van der Waals surface area contributed by atoms with Gasteiger partial charge in [-0.3, -0.25) is 14.4 Å². The number of halogens is 4. The van der Waals surface area contributed by atoms with Crippen LogP contribution in [-0.4, -0.2) is 59.3 Å². The van der Waals surface area contributed by atoms with Crippen LogP contribution < -0.4 is 10.0 Å². The fraction of sp³-hybridized carbons (Fsp3) is 0.222. The second kappa shape index (κ2) is 12.4. The fourth-order valence-electron chi connectivity index (χ4n) is 4.19. The molecule has 1 atom stereocenters. The van der Waals surface area contributed by atoms with Crippen LogP contribution in [0.15, 0.2) is 89.2 Å². The third-order valence-electron chi connectivity index (χ3n) is 6.33. The lowest BCUT2D eigenvalue weighted by atomic mass is 10.1. The van der Waals surface area contributed by atoms with E-state index in [0.29, 0.717) is 38.4 Å². The summed E-state index contributed by atoms with van der Waals surface area (Å²) in [5.41, 5.74) is -1.19. The predicted octanol–water partition coefficient (Wildman–Crippen LogP) is 5.03. The minimum Gasteiger partial charge on any atom is -0.379 e. The van der Waals surface area contributed by atoms with Gasteiger partial charge in [0, 0.05) is 23.8 Å². The van der Waals surface area contributed by atoms with E-state index in [1.807, 2.05) is 0 Å². The Bertz CT molecular complexity index is 1680. The number of sulfone groups is 1. The SMILES string of the molecule is C=CC(N1CCOCC1)S(=O)(=O)c1ccc(NC(=O)c2cc(Cl)ccc2NS(=O)(=O)c2ccc(C(F)(F)F)cc2)cc1. The van der Waals surface area contributed by atoms with Gasteiger partial charge in [-0.05, 0) is 66.7 Å². The molecule has 1 saturated heterocycles. The number of morpholine rings is 1. The highest BCUT2D eigenvalue weighted by molar-refractivity contribution is 7.92. The van der Waals surface area contributed by atoms with E-state index < -0.39 is 47.8 Å². The molecule has 0 aromatic heterocycles. The van der Waals surface area contributed by atoms with Gasteiger partial charge in [0.05, 0.1) is 39.8 Å². The molecule has 0 spiro atoms. The molecule has 0 bridgehead atoms. The van der Waals surface area contributed by atoms with Crippen molar-refractivity contribution in [3.63, 3.8) is 0 Å². The molecule has 1 fully saturated rings. The van der Waals surface area contributed by atoms with Crippen molar-refractivity contribution in [1.82, 2.24) is 4.90 Å². The van der Waals surface area contributed by atoms with Crippen molar-refractivity contribution >= 4 is 48.7 Å². The Morgan fingerprint density at radius 1 is 0.952 bits per heavy atom. The number of nitrogens with zero attached hydrogens (tertiary/aromatic N) is 1. The van der Waals surface area contributed by atoms with E-state index in [1.54, 1.807) is 4.90 Å². The first-order valence-electron chi connectivity index (χ1n) is 12.3. The van der Waals surface area contributed by atoms with Gasteiger partial charge in [0.15, 0.2) is 9.84 Å². The normalized spacial score (nSPS) is 15.5. The van der Waals surface area contributed by atoms with E-state index in [0.717, 1.165) is 12.1 Å².